The first-order valence-corrected chi connectivity index (χ1v) is 6.54. The van der Waals surface area contributed by atoms with Gasteiger partial charge < -0.3 is 9.47 Å². The number of aryl methyl sites for hydroxylation is 1. The Labute approximate surface area is 118 Å². The molecule has 0 N–H and O–H groups in total. The molecule has 0 saturated heterocycles. The molecule has 0 radical (unpaired) electrons. The average Bonchev–Trinajstić information content (AvgIpc) is 2.90. The van der Waals surface area contributed by atoms with E-state index < -0.39 is 12.0 Å². The highest BCUT2D eigenvalue weighted by Crippen LogP contribution is 2.29. The number of alkyl halides is 3. The summed E-state index contributed by atoms with van der Waals surface area (Å²) in [6.45, 7) is 2.77. The van der Waals surface area contributed by atoms with Crippen LogP contribution in [-0.2, 0) is 25.7 Å². The van der Waals surface area contributed by atoms with Crippen molar-refractivity contribution in [3.05, 3.63) is 29.6 Å². The van der Waals surface area contributed by atoms with Gasteiger partial charge in [0.15, 0.2) is 5.82 Å². The molecule has 1 aliphatic heterocycles. The van der Waals surface area contributed by atoms with Crippen molar-refractivity contribution in [2.75, 3.05) is 11.4 Å². The molecule has 0 fully saturated rings. The molecule has 0 aliphatic carbocycles. The number of halogens is 3. The van der Waals surface area contributed by atoms with Crippen LogP contribution in [0.2, 0.25) is 0 Å². The second kappa shape index (κ2) is 4.97. The average molecular weight is 298 g/mol. The van der Waals surface area contributed by atoms with Crippen LogP contribution in [0.15, 0.2) is 12.4 Å². The molecule has 0 amide bonds. The number of nitrogens with zero attached hydrogens (tertiary/aromatic N) is 6. The molecule has 0 spiro atoms. The zero-order valence-electron chi connectivity index (χ0n) is 11.3. The van der Waals surface area contributed by atoms with Crippen LogP contribution in [0.5, 0.6) is 0 Å². The van der Waals surface area contributed by atoms with Crippen LogP contribution in [0, 0.1) is 0 Å². The summed E-state index contributed by atoms with van der Waals surface area (Å²) in [6.07, 6.45) is -0.193. The summed E-state index contributed by atoms with van der Waals surface area (Å²) < 4.78 is 39.4. The van der Waals surface area contributed by atoms with Gasteiger partial charge in [0.25, 0.3) is 0 Å². The molecule has 2 aromatic rings. The molecule has 1 aliphatic rings. The van der Waals surface area contributed by atoms with E-state index >= 15 is 0 Å². The van der Waals surface area contributed by atoms with Gasteiger partial charge in [-0.2, -0.15) is 13.2 Å². The van der Waals surface area contributed by atoms with Gasteiger partial charge in [-0.15, -0.1) is 10.2 Å². The number of anilines is 1. The van der Waals surface area contributed by atoms with E-state index in [0.717, 1.165) is 16.6 Å². The standard InChI is InChI=1S/C12H13F3N6/c1-2-8-5-16-11(17-6-8)20-3-4-21-9(7-20)18-19-10(21)12(13,14)15/h5-6H,2-4,7H2,1H3. The number of rotatable bonds is 2. The van der Waals surface area contributed by atoms with E-state index in [-0.39, 0.29) is 18.9 Å². The molecule has 0 bridgehead atoms. The maximum Gasteiger partial charge on any atom is 0.451 e. The summed E-state index contributed by atoms with van der Waals surface area (Å²) in [5.41, 5.74) is 1.01. The molecule has 21 heavy (non-hydrogen) atoms. The molecule has 0 atom stereocenters. The van der Waals surface area contributed by atoms with Crippen LogP contribution in [0.4, 0.5) is 19.1 Å². The van der Waals surface area contributed by atoms with Crippen LogP contribution < -0.4 is 4.90 Å². The van der Waals surface area contributed by atoms with E-state index in [1.807, 2.05) is 6.92 Å². The third kappa shape index (κ3) is 2.55. The van der Waals surface area contributed by atoms with E-state index in [9.17, 15) is 13.2 Å². The third-order valence-corrected chi connectivity index (χ3v) is 3.39. The lowest BCUT2D eigenvalue weighted by molar-refractivity contribution is -0.147. The molecule has 0 aromatic carbocycles. The van der Waals surface area contributed by atoms with Crippen molar-refractivity contribution in [1.29, 1.82) is 0 Å². The minimum atomic E-state index is -4.48. The molecule has 112 valence electrons. The normalized spacial score (nSPS) is 15.1. The van der Waals surface area contributed by atoms with Crippen molar-refractivity contribution in [3.8, 4) is 0 Å². The van der Waals surface area contributed by atoms with Crippen LogP contribution in [0.3, 0.4) is 0 Å². The lowest BCUT2D eigenvalue weighted by Crippen LogP contribution is -2.36. The fourth-order valence-electron chi connectivity index (χ4n) is 2.23. The van der Waals surface area contributed by atoms with Gasteiger partial charge in [-0.05, 0) is 12.0 Å². The second-order valence-electron chi connectivity index (χ2n) is 4.76. The lowest BCUT2D eigenvalue weighted by Gasteiger charge is -2.27. The van der Waals surface area contributed by atoms with Crippen molar-refractivity contribution in [2.24, 2.45) is 0 Å². The summed E-state index contributed by atoms with van der Waals surface area (Å²) in [5.74, 6) is -0.175. The fourth-order valence-corrected chi connectivity index (χ4v) is 2.23. The van der Waals surface area contributed by atoms with Crippen LogP contribution >= 0.6 is 0 Å². The molecule has 0 unspecified atom stereocenters. The quantitative estimate of drug-likeness (QED) is 0.844. The van der Waals surface area contributed by atoms with Crippen LogP contribution in [0.25, 0.3) is 0 Å². The van der Waals surface area contributed by atoms with E-state index in [1.54, 1.807) is 17.3 Å². The Kier molecular flexibility index (Phi) is 3.26. The summed E-state index contributed by atoms with van der Waals surface area (Å²) in [7, 11) is 0. The molecule has 0 saturated carbocycles. The Hall–Kier alpha value is -2.19. The van der Waals surface area contributed by atoms with Crippen molar-refractivity contribution >= 4 is 5.95 Å². The topological polar surface area (TPSA) is 59.7 Å². The Morgan fingerprint density at radius 1 is 1.14 bits per heavy atom. The predicted molar refractivity (Wildman–Crippen MR) is 67.5 cm³/mol. The van der Waals surface area contributed by atoms with E-state index in [0.29, 0.717) is 12.5 Å². The summed E-state index contributed by atoms with van der Waals surface area (Å²) in [5, 5.41) is 6.87. The molecular formula is C12H13F3N6. The van der Waals surface area contributed by atoms with Crippen molar-refractivity contribution < 1.29 is 13.2 Å². The predicted octanol–water partition coefficient (Wildman–Crippen LogP) is 1.67. The molecule has 6 nitrogen and oxygen atoms in total. The SMILES string of the molecule is CCc1cnc(N2CCn3c(nnc3C(F)(F)F)C2)nc1. The lowest BCUT2D eigenvalue weighted by atomic mass is 10.3. The highest BCUT2D eigenvalue weighted by Gasteiger charge is 2.39. The molecule has 9 heteroatoms. The van der Waals surface area contributed by atoms with Gasteiger partial charge in [0.1, 0.15) is 0 Å². The summed E-state index contributed by atoms with van der Waals surface area (Å²) >= 11 is 0. The Morgan fingerprint density at radius 2 is 1.86 bits per heavy atom. The number of hydrogen-bond acceptors (Lipinski definition) is 5. The zero-order chi connectivity index (χ0) is 15.0. The number of hydrogen-bond donors (Lipinski definition) is 0. The van der Waals surface area contributed by atoms with Crippen LogP contribution in [0.1, 0.15) is 24.1 Å². The molecular weight excluding hydrogens is 285 g/mol. The first kappa shape index (κ1) is 13.8. The summed E-state index contributed by atoms with van der Waals surface area (Å²) in [6, 6.07) is 0. The molecule has 3 rings (SSSR count). The van der Waals surface area contributed by atoms with Crippen molar-refractivity contribution in [1.82, 2.24) is 24.7 Å². The van der Waals surface area contributed by atoms with Gasteiger partial charge in [-0.3, -0.25) is 0 Å². The maximum absolute atomic E-state index is 12.8. The maximum atomic E-state index is 12.8. The van der Waals surface area contributed by atoms with E-state index in [1.165, 1.54) is 0 Å². The highest BCUT2D eigenvalue weighted by molar-refractivity contribution is 5.31. The number of aromatic nitrogens is 5. The number of fused-ring (bicyclic) bond motifs is 1. The summed E-state index contributed by atoms with van der Waals surface area (Å²) in [4.78, 5) is 10.3. The Bertz CT molecular complexity index is 633. The minimum absolute atomic E-state index is 0.163. The van der Waals surface area contributed by atoms with Crippen molar-refractivity contribution in [3.63, 3.8) is 0 Å². The zero-order valence-corrected chi connectivity index (χ0v) is 11.3. The third-order valence-electron chi connectivity index (χ3n) is 3.39. The first-order chi connectivity index (χ1) is 9.99. The van der Waals surface area contributed by atoms with Gasteiger partial charge in [0, 0.05) is 25.5 Å². The highest BCUT2D eigenvalue weighted by atomic mass is 19.4. The van der Waals surface area contributed by atoms with Crippen LogP contribution in [-0.4, -0.2) is 31.3 Å². The van der Waals surface area contributed by atoms with Crippen molar-refractivity contribution in [2.45, 2.75) is 32.6 Å². The monoisotopic (exact) mass is 298 g/mol. The first-order valence-electron chi connectivity index (χ1n) is 6.54. The molecule has 3 heterocycles. The van der Waals surface area contributed by atoms with E-state index in [4.69, 9.17) is 0 Å². The van der Waals surface area contributed by atoms with E-state index in [2.05, 4.69) is 20.2 Å². The largest absolute Gasteiger partial charge is 0.451 e. The van der Waals surface area contributed by atoms with Gasteiger partial charge in [-0.1, -0.05) is 6.92 Å². The fraction of sp³-hybridized carbons (Fsp3) is 0.500. The smallest absolute Gasteiger partial charge is 0.331 e. The molecule has 2 aromatic heterocycles. The Morgan fingerprint density at radius 3 is 2.48 bits per heavy atom. The van der Waals surface area contributed by atoms with Gasteiger partial charge in [-0.25, -0.2) is 9.97 Å². The van der Waals surface area contributed by atoms with Gasteiger partial charge >= 0.3 is 6.18 Å². The van der Waals surface area contributed by atoms with Gasteiger partial charge in [0.05, 0.1) is 6.54 Å². The van der Waals surface area contributed by atoms with Gasteiger partial charge in [0.2, 0.25) is 11.8 Å². The minimum Gasteiger partial charge on any atom is -0.331 e. The second-order valence-corrected chi connectivity index (χ2v) is 4.76. The Balaban J connectivity index is 1.83.